The van der Waals surface area contributed by atoms with Gasteiger partial charge < -0.3 is 27.9 Å². The minimum Gasteiger partial charge on any atom is -0.756 e. The first-order chi connectivity index (χ1) is 45.0. The third kappa shape index (κ3) is 74.9. The normalized spacial score (nSPS) is 13.9. The molecule has 0 rings (SSSR count). The molecule has 0 spiro atoms. The molecule has 9 nitrogen and oxygen atoms in total. The summed E-state index contributed by atoms with van der Waals surface area (Å²) in [5, 5.41) is 0. The van der Waals surface area contributed by atoms with Crippen molar-refractivity contribution in [2.75, 3.05) is 47.5 Å². The molecule has 2 atom stereocenters. The summed E-state index contributed by atoms with van der Waals surface area (Å²) in [4.78, 5) is 38.1. The van der Waals surface area contributed by atoms with E-state index >= 15 is 0 Å². The van der Waals surface area contributed by atoms with Crippen LogP contribution in [0, 0.1) is 0 Å². The Bertz CT molecular complexity index is 2070. The van der Waals surface area contributed by atoms with Gasteiger partial charge >= 0.3 is 11.9 Å². The number of phosphoric ester groups is 1. The Morgan fingerprint density at radius 3 is 0.870 bits per heavy atom. The fraction of sp³-hybridized carbons (Fsp3) is 0.683. The van der Waals surface area contributed by atoms with Crippen molar-refractivity contribution < 1.29 is 42.1 Å². The highest BCUT2D eigenvalue weighted by atomic mass is 31.2. The van der Waals surface area contributed by atoms with Crippen LogP contribution in [0.3, 0.4) is 0 Å². The summed E-state index contributed by atoms with van der Waals surface area (Å²) in [6.45, 7) is 4.03. The fourth-order valence-electron chi connectivity index (χ4n) is 10.2. The van der Waals surface area contributed by atoms with Gasteiger partial charge in [-0.1, -0.05) is 327 Å². The fourth-order valence-corrected chi connectivity index (χ4v) is 10.9. The first-order valence-electron chi connectivity index (χ1n) is 37.5. The van der Waals surface area contributed by atoms with E-state index in [4.69, 9.17) is 18.5 Å². The highest BCUT2D eigenvalue weighted by molar-refractivity contribution is 7.45. The van der Waals surface area contributed by atoms with Gasteiger partial charge in [-0.3, -0.25) is 14.2 Å². The van der Waals surface area contributed by atoms with E-state index in [0.29, 0.717) is 17.4 Å². The van der Waals surface area contributed by atoms with Gasteiger partial charge in [0, 0.05) is 12.8 Å². The van der Waals surface area contributed by atoms with Gasteiger partial charge in [-0.2, -0.15) is 0 Å². The van der Waals surface area contributed by atoms with Crippen LogP contribution < -0.4 is 4.89 Å². The maximum Gasteiger partial charge on any atom is 0.306 e. The van der Waals surface area contributed by atoms with Crippen LogP contribution in [-0.4, -0.2) is 70.0 Å². The Hall–Kier alpha value is -4.11. The number of allylic oxidation sites excluding steroid dienone is 24. The summed E-state index contributed by atoms with van der Waals surface area (Å²) < 4.78 is 34.4. The molecule has 0 aliphatic heterocycles. The molecule has 2 unspecified atom stereocenters. The zero-order chi connectivity index (χ0) is 66.9. The standard InChI is InChI=1S/C82H140NO8P/c1-6-8-10-12-14-16-18-20-22-24-26-28-30-32-34-35-36-37-38-39-40-41-42-43-44-45-46-47-49-51-53-55-57-59-61-63-65-67-69-71-73-75-82(85)91-80(79-90-92(86,87)89-77-76-83(3,4)5)78-88-81(84)74-72-70-68-66-64-62-60-58-56-54-52-50-48-33-31-29-27-25-23-21-19-17-15-13-11-9-7-2/h8-11,14-17,20-23,26-29,32,34,36-37,39-40,42-43,80H,6-7,12-13,18-19,24-25,30-31,33,35,38,41,44-79H2,1-5H3/b10-8-,11-9-,16-14-,17-15-,22-20-,23-21-,28-26-,29-27-,34-32-,37-36-,40-39-,43-42-. The first-order valence-corrected chi connectivity index (χ1v) is 39.0. The Labute approximate surface area is 567 Å². The van der Waals surface area contributed by atoms with Crippen molar-refractivity contribution in [1.29, 1.82) is 0 Å². The zero-order valence-corrected chi connectivity index (χ0v) is 60.8. The molecule has 0 bridgehead atoms. The van der Waals surface area contributed by atoms with Crippen molar-refractivity contribution in [2.45, 2.75) is 315 Å². The van der Waals surface area contributed by atoms with Crippen LogP contribution in [0.15, 0.2) is 146 Å². The lowest BCUT2D eigenvalue weighted by molar-refractivity contribution is -0.870. The molecular weight excluding hydrogens is 1160 g/mol. The lowest BCUT2D eigenvalue weighted by Crippen LogP contribution is -2.37. The number of esters is 2. The smallest absolute Gasteiger partial charge is 0.306 e. The second-order valence-electron chi connectivity index (χ2n) is 25.9. The Kier molecular flexibility index (Phi) is 68.0. The maximum absolute atomic E-state index is 12.9. The third-order valence-electron chi connectivity index (χ3n) is 15.9. The molecule has 0 aromatic rings. The molecule has 10 heteroatoms. The first kappa shape index (κ1) is 87.9. The van der Waals surface area contributed by atoms with E-state index in [-0.39, 0.29) is 32.0 Å². The summed E-state index contributed by atoms with van der Waals surface area (Å²) in [5.74, 6) is -0.830. The highest BCUT2D eigenvalue weighted by Gasteiger charge is 2.22. The monoisotopic (exact) mass is 1300 g/mol. The van der Waals surface area contributed by atoms with Gasteiger partial charge in [0.2, 0.25) is 0 Å². The number of ether oxygens (including phenoxy) is 2. The third-order valence-corrected chi connectivity index (χ3v) is 16.8. The molecule has 0 saturated heterocycles. The number of hydrogen-bond donors (Lipinski definition) is 0. The minimum absolute atomic E-state index is 0.0351. The van der Waals surface area contributed by atoms with E-state index in [9.17, 15) is 19.0 Å². The Morgan fingerprint density at radius 2 is 0.587 bits per heavy atom. The van der Waals surface area contributed by atoms with Crippen molar-refractivity contribution >= 4 is 19.8 Å². The van der Waals surface area contributed by atoms with Crippen LogP contribution in [0.2, 0.25) is 0 Å². The SMILES string of the molecule is CC/C=C\C/C=C\C/C=C\C/C=C\C/C=C\C/C=C\C/C=C\C/C=C\CCCCCCCCCCCCCCCCCCC(=O)OC(COC(=O)CCCCCCCCCCCCCCCC/C=C\C/C=C\C/C=C\C/C=C\CC)COP(=O)([O-])OCC[N+](C)(C)C. The van der Waals surface area contributed by atoms with E-state index in [1.807, 2.05) is 21.1 Å². The van der Waals surface area contributed by atoms with Crippen molar-refractivity contribution in [2.24, 2.45) is 0 Å². The van der Waals surface area contributed by atoms with Gasteiger partial charge in [-0.05, 0) is 116 Å². The Balaban J connectivity index is 4.01. The van der Waals surface area contributed by atoms with Gasteiger partial charge in [0.05, 0.1) is 27.7 Å². The summed E-state index contributed by atoms with van der Waals surface area (Å²) in [5.41, 5.74) is 0. The number of phosphoric acid groups is 1. The molecule has 0 radical (unpaired) electrons. The molecule has 0 aromatic carbocycles. The number of carbonyl (C=O) groups excluding carboxylic acids is 2. The van der Waals surface area contributed by atoms with E-state index in [1.165, 1.54) is 161 Å². The summed E-state index contributed by atoms with van der Waals surface area (Å²) in [7, 11) is 1.16. The lowest BCUT2D eigenvalue weighted by atomic mass is 10.0. The van der Waals surface area contributed by atoms with Gasteiger partial charge in [-0.15, -0.1) is 0 Å². The molecule has 0 aliphatic carbocycles. The molecule has 0 fully saturated rings. The number of carbonyl (C=O) groups is 2. The quantitative estimate of drug-likeness (QED) is 0.0195. The van der Waals surface area contributed by atoms with E-state index in [0.717, 1.165) is 116 Å². The van der Waals surface area contributed by atoms with Crippen LogP contribution in [0.4, 0.5) is 0 Å². The molecule has 0 amide bonds. The van der Waals surface area contributed by atoms with E-state index in [1.54, 1.807) is 0 Å². The zero-order valence-electron chi connectivity index (χ0n) is 59.9. The predicted octanol–water partition coefficient (Wildman–Crippen LogP) is 24.3. The Morgan fingerprint density at radius 1 is 0.337 bits per heavy atom. The largest absolute Gasteiger partial charge is 0.756 e. The van der Waals surface area contributed by atoms with Crippen LogP contribution in [0.1, 0.15) is 309 Å². The molecular formula is C82H140NO8P. The van der Waals surface area contributed by atoms with Crippen LogP contribution in [-0.2, 0) is 32.7 Å². The van der Waals surface area contributed by atoms with Gasteiger partial charge in [0.15, 0.2) is 6.10 Å². The van der Waals surface area contributed by atoms with Gasteiger partial charge in [-0.25, -0.2) is 0 Å². The maximum atomic E-state index is 12.9. The van der Waals surface area contributed by atoms with Crippen molar-refractivity contribution in [3.63, 3.8) is 0 Å². The van der Waals surface area contributed by atoms with Crippen molar-refractivity contribution in [1.82, 2.24) is 0 Å². The van der Waals surface area contributed by atoms with Crippen molar-refractivity contribution in [3.05, 3.63) is 146 Å². The molecule has 0 aliphatic rings. The van der Waals surface area contributed by atoms with Gasteiger partial charge in [0.1, 0.15) is 19.8 Å². The van der Waals surface area contributed by atoms with E-state index in [2.05, 4.69) is 160 Å². The number of likely N-dealkylation sites (N-methyl/N-ethyl adjacent to an activating group) is 1. The molecule has 0 aromatic heterocycles. The summed E-state index contributed by atoms with van der Waals surface area (Å²) in [6, 6.07) is 0. The second-order valence-corrected chi connectivity index (χ2v) is 27.3. The molecule has 526 valence electrons. The van der Waals surface area contributed by atoms with Crippen LogP contribution in [0.25, 0.3) is 0 Å². The minimum atomic E-state index is -4.65. The predicted molar refractivity (Wildman–Crippen MR) is 397 cm³/mol. The number of unbranched alkanes of at least 4 members (excludes halogenated alkanes) is 30. The van der Waals surface area contributed by atoms with E-state index < -0.39 is 26.5 Å². The molecule has 0 N–H and O–H groups in total. The van der Waals surface area contributed by atoms with Crippen LogP contribution in [0.5, 0.6) is 0 Å². The average molecular weight is 1300 g/mol. The highest BCUT2D eigenvalue weighted by Crippen LogP contribution is 2.38. The second kappa shape index (κ2) is 71.2. The summed E-state index contributed by atoms with van der Waals surface area (Å²) in [6.07, 6.45) is 105. The average Bonchev–Trinajstić information content (AvgIpc) is 2.23. The number of nitrogens with zero attached hydrogens (tertiary/aromatic N) is 1. The lowest BCUT2D eigenvalue weighted by Gasteiger charge is -2.28. The van der Waals surface area contributed by atoms with Gasteiger partial charge in [0.25, 0.3) is 7.82 Å². The number of quaternary nitrogens is 1. The number of hydrogen-bond acceptors (Lipinski definition) is 8. The molecule has 0 saturated carbocycles. The molecule has 0 heterocycles. The van der Waals surface area contributed by atoms with Crippen LogP contribution >= 0.6 is 7.82 Å². The number of rotatable bonds is 68. The van der Waals surface area contributed by atoms with Crippen molar-refractivity contribution in [3.8, 4) is 0 Å². The topological polar surface area (TPSA) is 111 Å². The summed E-state index contributed by atoms with van der Waals surface area (Å²) >= 11 is 0. The molecule has 92 heavy (non-hydrogen) atoms.